The van der Waals surface area contributed by atoms with E-state index >= 15 is 0 Å². The Kier molecular flexibility index (Phi) is 7.14. The van der Waals surface area contributed by atoms with Crippen LogP contribution in [0.3, 0.4) is 0 Å². The standard InChI is InChI=1S/C24H33N3O2/c1-19-7-8-22(20-5-3-2-4-6-20)17-25-23(18-27-11-15-29-16-12-27)24(26-19)21-9-13-28-14-10-21/h3,5-8,17,21,26H,2,4,9-16,18H2,1H3. The lowest BCUT2D eigenvalue weighted by Crippen LogP contribution is -2.36. The number of rotatable bonds is 4. The van der Waals surface area contributed by atoms with Gasteiger partial charge in [-0.15, -0.1) is 0 Å². The molecule has 0 unspecified atom stereocenters. The van der Waals surface area contributed by atoms with Crippen LogP contribution in [0.5, 0.6) is 0 Å². The molecule has 1 aliphatic carbocycles. The van der Waals surface area contributed by atoms with E-state index in [0.717, 1.165) is 83.1 Å². The van der Waals surface area contributed by atoms with Gasteiger partial charge in [0.25, 0.3) is 0 Å². The number of aromatic nitrogens is 2. The lowest BCUT2D eigenvalue weighted by molar-refractivity contribution is 0.0332. The topological polar surface area (TPSA) is 50.4 Å². The van der Waals surface area contributed by atoms with E-state index in [2.05, 4.69) is 53.4 Å². The van der Waals surface area contributed by atoms with Crippen LogP contribution in [-0.4, -0.2) is 54.4 Å². The van der Waals surface area contributed by atoms with Crippen molar-refractivity contribution in [3.8, 4) is 0 Å². The lowest BCUT2D eigenvalue weighted by atomic mass is 9.94. The average Bonchev–Trinajstić information content (AvgIpc) is 2.86. The average molecular weight is 396 g/mol. The van der Waals surface area contributed by atoms with Crippen LogP contribution in [0.15, 0.2) is 36.6 Å². The second-order valence-electron chi connectivity index (χ2n) is 8.13. The van der Waals surface area contributed by atoms with Crippen LogP contribution >= 0.6 is 0 Å². The van der Waals surface area contributed by atoms with E-state index in [1.165, 1.54) is 16.8 Å². The Morgan fingerprint density at radius 2 is 1.86 bits per heavy atom. The third-order valence-electron chi connectivity index (χ3n) is 5.95. The molecule has 0 amide bonds. The predicted molar refractivity (Wildman–Crippen MR) is 116 cm³/mol. The van der Waals surface area contributed by atoms with Gasteiger partial charge < -0.3 is 14.5 Å². The Labute approximate surface area is 174 Å². The third kappa shape index (κ3) is 5.56. The molecule has 2 saturated heterocycles. The zero-order valence-corrected chi connectivity index (χ0v) is 17.5. The van der Waals surface area contributed by atoms with Gasteiger partial charge in [-0.25, -0.2) is 0 Å². The number of allylic oxidation sites excluding steroid dienone is 4. The van der Waals surface area contributed by atoms with Crippen molar-refractivity contribution in [1.29, 1.82) is 0 Å². The smallest absolute Gasteiger partial charge is 0.0739 e. The summed E-state index contributed by atoms with van der Waals surface area (Å²) < 4.78 is 11.2. The second kappa shape index (κ2) is 10.2. The maximum absolute atomic E-state index is 5.62. The molecule has 1 aromatic heterocycles. The maximum Gasteiger partial charge on any atom is 0.0739 e. The highest BCUT2D eigenvalue weighted by atomic mass is 16.5. The Balaban J connectivity index is 1.76. The van der Waals surface area contributed by atoms with Gasteiger partial charge in [-0.1, -0.05) is 24.3 Å². The third-order valence-corrected chi connectivity index (χ3v) is 5.95. The molecule has 0 saturated carbocycles. The van der Waals surface area contributed by atoms with Crippen molar-refractivity contribution in [3.05, 3.63) is 59.2 Å². The summed E-state index contributed by atoms with van der Waals surface area (Å²) >= 11 is 0. The molecule has 3 heterocycles. The zero-order valence-electron chi connectivity index (χ0n) is 17.5. The number of nitrogens with zero attached hydrogens (tertiary/aromatic N) is 2. The Hall–Kier alpha value is -1.95. The highest BCUT2D eigenvalue weighted by molar-refractivity contribution is 5.74. The molecular formula is C24H33N3O2. The first kappa shape index (κ1) is 20.3. The molecule has 0 radical (unpaired) electrons. The van der Waals surface area contributed by atoms with E-state index in [-0.39, 0.29) is 0 Å². The van der Waals surface area contributed by atoms with Gasteiger partial charge in [-0.05, 0) is 49.8 Å². The fourth-order valence-electron chi connectivity index (χ4n) is 4.22. The molecule has 4 rings (SSSR count). The van der Waals surface area contributed by atoms with E-state index in [4.69, 9.17) is 14.5 Å². The van der Waals surface area contributed by atoms with Crippen molar-refractivity contribution in [2.75, 3.05) is 39.5 Å². The summed E-state index contributed by atoms with van der Waals surface area (Å²) in [6.07, 6.45) is 13.2. The minimum atomic E-state index is 0.468. The number of ether oxygens (including phenoxy) is 2. The first-order valence-corrected chi connectivity index (χ1v) is 11.0. The molecule has 0 bridgehead atoms. The number of H-pyrrole nitrogens is 1. The van der Waals surface area contributed by atoms with Crippen LogP contribution in [0.4, 0.5) is 0 Å². The van der Waals surface area contributed by atoms with E-state index in [1.54, 1.807) is 0 Å². The monoisotopic (exact) mass is 395 g/mol. The number of hydrogen-bond donors (Lipinski definition) is 1. The largest absolute Gasteiger partial charge is 0.381 e. The molecule has 3 aliphatic rings. The lowest BCUT2D eigenvalue weighted by Gasteiger charge is -2.28. The van der Waals surface area contributed by atoms with E-state index < -0.39 is 0 Å². The number of aromatic amines is 1. The van der Waals surface area contributed by atoms with Crippen LogP contribution in [0.2, 0.25) is 0 Å². The summed E-state index contributed by atoms with van der Waals surface area (Å²) in [5.41, 5.74) is 6.03. The van der Waals surface area contributed by atoms with E-state index in [1.807, 2.05) is 0 Å². The van der Waals surface area contributed by atoms with Crippen molar-refractivity contribution in [2.24, 2.45) is 0 Å². The molecule has 2 fully saturated rings. The minimum absolute atomic E-state index is 0.468. The SMILES string of the molecule is Cc1ccc(C2=CCCC=C2)cnc(CN2CCOCC2)c(C2CCOCC2)[nH]1. The van der Waals surface area contributed by atoms with E-state index in [0.29, 0.717) is 5.92 Å². The van der Waals surface area contributed by atoms with Gasteiger partial charge >= 0.3 is 0 Å². The molecule has 0 aromatic carbocycles. The predicted octanol–water partition coefficient (Wildman–Crippen LogP) is 4.30. The van der Waals surface area contributed by atoms with Gasteiger partial charge in [-0.2, -0.15) is 0 Å². The Morgan fingerprint density at radius 3 is 2.62 bits per heavy atom. The summed E-state index contributed by atoms with van der Waals surface area (Å²) in [7, 11) is 0. The number of nitrogens with one attached hydrogen (secondary N) is 1. The van der Waals surface area contributed by atoms with Gasteiger partial charge in [0.05, 0.1) is 18.9 Å². The van der Waals surface area contributed by atoms with Crippen molar-refractivity contribution in [3.63, 3.8) is 0 Å². The quantitative estimate of drug-likeness (QED) is 0.826. The molecular weight excluding hydrogens is 362 g/mol. The number of aryl methyl sites for hydroxylation is 1. The summed E-state index contributed by atoms with van der Waals surface area (Å²) in [5.74, 6) is 0.468. The first-order chi connectivity index (χ1) is 14.3. The Morgan fingerprint density at radius 1 is 1.07 bits per heavy atom. The van der Waals surface area contributed by atoms with E-state index in [9.17, 15) is 0 Å². The number of hydrogen-bond acceptors (Lipinski definition) is 4. The molecule has 1 aromatic rings. The first-order valence-electron chi connectivity index (χ1n) is 11.0. The fourth-order valence-corrected chi connectivity index (χ4v) is 4.22. The highest BCUT2D eigenvalue weighted by Crippen LogP contribution is 2.28. The van der Waals surface area contributed by atoms with Crippen molar-refractivity contribution < 1.29 is 9.47 Å². The zero-order chi connectivity index (χ0) is 19.9. The molecule has 29 heavy (non-hydrogen) atoms. The van der Waals surface area contributed by atoms with Crippen molar-refractivity contribution >= 4 is 5.57 Å². The van der Waals surface area contributed by atoms with Crippen molar-refractivity contribution in [2.45, 2.75) is 45.1 Å². The molecule has 2 aliphatic heterocycles. The Bertz CT molecular complexity index is 798. The minimum Gasteiger partial charge on any atom is -0.381 e. The van der Waals surface area contributed by atoms with Gasteiger partial charge in [0.1, 0.15) is 0 Å². The molecule has 5 nitrogen and oxygen atoms in total. The number of morpholine rings is 1. The summed E-state index contributed by atoms with van der Waals surface area (Å²) in [4.78, 5) is 11.3. The summed E-state index contributed by atoms with van der Waals surface area (Å²) in [6.45, 7) is 8.20. The van der Waals surface area contributed by atoms with Crippen LogP contribution < -0.4 is 0 Å². The maximum atomic E-state index is 5.62. The van der Waals surface area contributed by atoms with Gasteiger partial charge in [0.15, 0.2) is 0 Å². The summed E-state index contributed by atoms with van der Waals surface area (Å²) in [5, 5.41) is 0. The van der Waals surface area contributed by atoms with Gasteiger partial charge in [-0.3, -0.25) is 9.88 Å². The normalized spacial score (nSPS) is 20.9. The second-order valence-corrected chi connectivity index (χ2v) is 8.13. The molecule has 1 N–H and O–H groups in total. The fraction of sp³-hybridized carbons (Fsp3) is 0.542. The molecule has 0 spiro atoms. The van der Waals surface area contributed by atoms with Crippen LogP contribution in [-0.2, 0) is 16.0 Å². The molecule has 5 heteroatoms. The van der Waals surface area contributed by atoms with Crippen LogP contribution in [0, 0.1) is 6.92 Å². The molecule has 0 atom stereocenters. The van der Waals surface area contributed by atoms with Gasteiger partial charge in [0.2, 0.25) is 0 Å². The van der Waals surface area contributed by atoms with Gasteiger partial charge in [0, 0.05) is 56.4 Å². The van der Waals surface area contributed by atoms with Crippen LogP contribution in [0.25, 0.3) is 5.57 Å². The van der Waals surface area contributed by atoms with Crippen LogP contribution in [0.1, 0.15) is 54.2 Å². The van der Waals surface area contributed by atoms with Crippen molar-refractivity contribution in [1.82, 2.24) is 14.9 Å². The molecule has 156 valence electrons. The summed E-state index contributed by atoms with van der Waals surface area (Å²) in [6, 6.07) is 4.37. The highest BCUT2D eigenvalue weighted by Gasteiger charge is 2.22.